The van der Waals surface area contributed by atoms with Crippen molar-refractivity contribution in [1.29, 1.82) is 0 Å². The fraction of sp³-hybridized carbons (Fsp3) is 0.538. The van der Waals surface area contributed by atoms with Gasteiger partial charge >= 0.3 is 0 Å². The van der Waals surface area contributed by atoms with Crippen LogP contribution in [0.3, 0.4) is 0 Å². The largest absolute Gasteiger partial charge is 0.317 e. The van der Waals surface area contributed by atoms with Gasteiger partial charge in [-0.15, -0.1) is 0 Å². The van der Waals surface area contributed by atoms with E-state index in [0.29, 0.717) is 12.8 Å². The Morgan fingerprint density at radius 1 is 1.15 bits per heavy atom. The summed E-state index contributed by atoms with van der Waals surface area (Å²) >= 11 is 0. The maximum absolute atomic E-state index is 13.3. The Morgan fingerprint density at radius 3 is 2.60 bits per heavy atom. The second-order valence-electron chi connectivity index (χ2n) is 4.48. The molecule has 20 heavy (non-hydrogen) atoms. The second kappa shape index (κ2) is 8.16. The van der Waals surface area contributed by atoms with Gasteiger partial charge in [0.15, 0.2) is 11.6 Å². The van der Waals surface area contributed by atoms with Crippen LogP contribution in [0.4, 0.5) is 14.5 Å². The van der Waals surface area contributed by atoms with Crippen molar-refractivity contribution in [2.45, 2.75) is 26.2 Å². The molecule has 0 amide bonds. The zero-order chi connectivity index (χ0) is 15.0. The van der Waals surface area contributed by atoms with E-state index in [9.17, 15) is 17.2 Å². The maximum atomic E-state index is 13.3. The van der Waals surface area contributed by atoms with Crippen LogP contribution in [0, 0.1) is 11.6 Å². The number of hydrogen-bond acceptors (Lipinski definition) is 3. The van der Waals surface area contributed by atoms with Gasteiger partial charge in [0.1, 0.15) is 0 Å². The molecule has 7 heteroatoms. The molecule has 0 bridgehead atoms. The van der Waals surface area contributed by atoms with E-state index in [1.807, 2.05) is 0 Å². The molecule has 2 N–H and O–H groups in total. The lowest BCUT2D eigenvalue weighted by Gasteiger charge is -2.09. The Balaban J connectivity index is 2.43. The molecule has 0 radical (unpaired) electrons. The molecule has 0 aromatic heterocycles. The lowest BCUT2D eigenvalue weighted by Crippen LogP contribution is -2.20. The van der Waals surface area contributed by atoms with Crippen molar-refractivity contribution in [2.24, 2.45) is 0 Å². The van der Waals surface area contributed by atoms with E-state index in [1.54, 1.807) is 0 Å². The highest BCUT2D eigenvalue weighted by molar-refractivity contribution is 7.92. The normalized spacial score (nSPS) is 11.6. The minimum Gasteiger partial charge on any atom is -0.317 e. The van der Waals surface area contributed by atoms with E-state index in [4.69, 9.17) is 0 Å². The highest BCUT2D eigenvalue weighted by Gasteiger charge is 2.14. The molecular weight excluding hydrogens is 286 g/mol. The average Bonchev–Trinajstić information content (AvgIpc) is 2.39. The minimum atomic E-state index is -3.65. The van der Waals surface area contributed by atoms with Crippen LogP contribution in [0.2, 0.25) is 0 Å². The topological polar surface area (TPSA) is 58.2 Å². The van der Waals surface area contributed by atoms with E-state index < -0.39 is 21.7 Å². The Kier molecular flexibility index (Phi) is 6.87. The molecule has 4 nitrogen and oxygen atoms in total. The van der Waals surface area contributed by atoms with E-state index in [1.165, 1.54) is 12.1 Å². The number of hydrogen-bond donors (Lipinski definition) is 2. The van der Waals surface area contributed by atoms with Crippen molar-refractivity contribution < 1.29 is 17.2 Å². The molecule has 1 rings (SSSR count). The predicted molar refractivity (Wildman–Crippen MR) is 76.2 cm³/mol. The summed E-state index contributed by atoms with van der Waals surface area (Å²) in [5.41, 5.74) is -0.353. The fourth-order valence-corrected chi connectivity index (χ4v) is 2.82. The van der Waals surface area contributed by atoms with Crippen LogP contribution in [-0.4, -0.2) is 27.3 Å². The van der Waals surface area contributed by atoms with Gasteiger partial charge in [-0.1, -0.05) is 13.0 Å². The quantitative estimate of drug-likeness (QED) is 0.689. The summed E-state index contributed by atoms with van der Waals surface area (Å²) in [6.45, 7) is 3.70. The number of benzene rings is 1. The van der Waals surface area contributed by atoms with Crippen LogP contribution in [0.15, 0.2) is 18.2 Å². The summed E-state index contributed by atoms with van der Waals surface area (Å²) in [6.07, 6.45) is 2.20. The predicted octanol–water partition coefficient (Wildman–Crippen LogP) is 2.49. The van der Waals surface area contributed by atoms with Crippen molar-refractivity contribution in [3.63, 3.8) is 0 Å². The maximum Gasteiger partial charge on any atom is 0.232 e. The molecule has 0 aliphatic heterocycles. The van der Waals surface area contributed by atoms with Crippen molar-refractivity contribution in [2.75, 3.05) is 23.6 Å². The third-order valence-corrected chi connectivity index (χ3v) is 4.02. The van der Waals surface area contributed by atoms with Crippen molar-refractivity contribution in [3.05, 3.63) is 29.8 Å². The first kappa shape index (κ1) is 16.8. The molecule has 114 valence electrons. The van der Waals surface area contributed by atoms with E-state index >= 15 is 0 Å². The standard InChI is InChI=1S/C13H20F2N2O2S/c1-2-8-16-9-3-4-10-20(18,19)17-12-7-5-6-11(14)13(12)15/h5-7,16-17H,2-4,8-10H2,1H3. The van der Waals surface area contributed by atoms with E-state index in [0.717, 1.165) is 25.6 Å². The van der Waals surface area contributed by atoms with Crippen LogP contribution in [0.5, 0.6) is 0 Å². The molecule has 0 fully saturated rings. The average molecular weight is 306 g/mol. The van der Waals surface area contributed by atoms with Gasteiger partial charge < -0.3 is 5.32 Å². The van der Waals surface area contributed by atoms with Gasteiger partial charge in [-0.05, 0) is 44.5 Å². The van der Waals surface area contributed by atoms with Crippen molar-refractivity contribution in [1.82, 2.24) is 5.32 Å². The SMILES string of the molecule is CCCNCCCCS(=O)(=O)Nc1cccc(F)c1F. The van der Waals surface area contributed by atoms with Crippen molar-refractivity contribution >= 4 is 15.7 Å². The molecule has 0 aliphatic carbocycles. The van der Waals surface area contributed by atoms with E-state index in [2.05, 4.69) is 17.0 Å². The van der Waals surface area contributed by atoms with Crippen LogP contribution >= 0.6 is 0 Å². The lowest BCUT2D eigenvalue weighted by molar-refractivity contribution is 0.511. The van der Waals surface area contributed by atoms with Crippen LogP contribution in [0.1, 0.15) is 26.2 Å². The second-order valence-corrected chi connectivity index (χ2v) is 6.32. The summed E-state index contributed by atoms with van der Waals surface area (Å²) in [4.78, 5) is 0. The number of sulfonamides is 1. The number of nitrogens with one attached hydrogen (secondary N) is 2. The van der Waals surface area contributed by atoms with Gasteiger partial charge in [-0.25, -0.2) is 17.2 Å². The summed E-state index contributed by atoms with van der Waals surface area (Å²) in [6, 6.07) is 3.39. The molecule has 0 atom stereocenters. The highest BCUT2D eigenvalue weighted by Crippen LogP contribution is 2.18. The summed E-state index contributed by atoms with van der Waals surface area (Å²) < 4.78 is 51.8. The number of rotatable bonds is 9. The Labute approximate surface area is 118 Å². The first-order valence-electron chi connectivity index (χ1n) is 6.61. The Morgan fingerprint density at radius 2 is 1.90 bits per heavy atom. The molecule has 0 unspecified atom stereocenters. The molecule has 0 saturated carbocycles. The first-order chi connectivity index (χ1) is 9.46. The molecular formula is C13H20F2N2O2S. The lowest BCUT2D eigenvalue weighted by atomic mass is 10.3. The molecule has 0 heterocycles. The number of unbranched alkanes of at least 4 members (excludes halogenated alkanes) is 1. The van der Waals surface area contributed by atoms with Gasteiger partial charge in [0.05, 0.1) is 11.4 Å². The third kappa shape index (κ3) is 5.83. The smallest absolute Gasteiger partial charge is 0.232 e. The van der Waals surface area contributed by atoms with E-state index in [-0.39, 0.29) is 11.4 Å². The minimum absolute atomic E-state index is 0.114. The molecule has 0 aliphatic rings. The molecule has 1 aromatic rings. The van der Waals surface area contributed by atoms with Gasteiger partial charge in [-0.2, -0.15) is 0 Å². The van der Waals surface area contributed by atoms with Gasteiger partial charge in [-0.3, -0.25) is 4.72 Å². The van der Waals surface area contributed by atoms with Crippen LogP contribution < -0.4 is 10.0 Å². The zero-order valence-electron chi connectivity index (χ0n) is 11.5. The number of halogens is 2. The highest BCUT2D eigenvalue weighted by atomic mass is 32.2. The first-order valence-corrected chi connectivity index (χ1v) is 8.26. The van der Waals surface area contributed by atoms with Crippen LogP contribution in [-0.2, 0) is 10.0 Å². The van der Waals surface area contributed by atoms with Crippen LogP contribution in [0.25, 0.3) is 0 Å². The monoisotopic (exact) mass is 306 g/mol. The summed E-state index contributed by atoms with van der Waals surface area (Å²) in [5, 5.41) is 3.16. The summed E-state index contributed by atoms with van der Waals surface area (Å²) in [7, 11) is -3.65. The molecule has 0 saturated heterocycles. The fourth-order valence-electron chi connectivity index (χ4n) is 1.65. The molecule has 1 aromatic carbocycles. The number of anilines is 1. The Hall–Kier alpha value is -1.21. The van der Waals surface area contributed by atoms with Gasteiger partial charge in [0.25, 0.3) is 0 Å². The summed E-state index contributed by atoms with van der Waals surface area (Å²) in [5.74, 6) is -2.37. The Bertz CT molecular complexity index is 521. The third-order valence-electron chi connectivity index (χ3n) is 2.66. The molecule has 0 spiro atoms. The van der Waals surface area contributed by atoms with Crippen molar-refractivity contribution in [3.8, 4) is 0 Å². The van der Waals surface area contributed by atoms with Gasteiger partial charge in [0, 0.05) is 0 Å². The zero-order valence-corrected chi connectivity index (χ0v) is 12.3. The van der Waals surface area contributed by atoms with Gasteiger partial charge in [0.2, 0.25) is 10.0 Å².